The van der Waals surface area contributed by atoms with E-state index in [9.17, 15) is 9.59 Å². The Bertz CT molecular complexity index is 988. The van der Waals surface area contributed by atoms with Crippen molar-refractivity contribution in [1.29, 1.82) is 0 Å². The van der Waals surface area contributed by atoms with Crippen LogP contribution in [0.25, 0.3) is 5.69 Å². The zero-order valence-corrected chi connectivity index (χ0v) is 19.9. The van der Waals surface area contributed by atoms with Crippen molar-refractivity contribution in [2.24, 2.45) is 0 Å². The number of halogens is 1. The summed E-state index contributed by atoms with van der Waals surface area (Å²) in [5.74, 6) is 0.555. The van der Waals surface area contributed by atoms with Crippen LogP contribution < -0.4 is 0 Å². The van der Waals surface area contributed by atoms with Gasteiger partial charge in [-0.05, 0) is 51.3 Å². The lowest BCUT2D eigenvalue weighted by Gasteiger charge is -2.35. The van der Waals surface area contributed by atoms with E-state index in [-0.39, 0.29) is 11.8 Å². The average molecular weight is 458 g/mol. The fourth-order valence-electron chi connectivity index (χ4n) is 4.34. The van der Waals surface area contributed by atoms with Crippen molar-refractivity contribution in [3.63, 3.8) is 0 Å². The molecule has 2 aliphatic rings. The van der Waals surface area contributed by atoms with Crippen LogP contribution in [0, 0.1) is 6.92 Å². The molecule has 2 amide bonds. The number of piperazine rings is 1. The SMILES string of the molecule is CCN(CC)C(=O)CN1CCN(C(=O)c2cnn(-c3ccc(C)c(Cl)c3)c2C2CC2)CC1. The van der Waals surface area contributed by atoms with E-state index in [1.807, 2.05) is 53.5 Å². The van der Waals surface area contributed by atoms with Crippen LogP contribution in [0.5, 0.6) is 0 Å². The van der Waals surface area contributed by atoms with Crippen molar-refractivity contribution in [2.45, 2.75) is 39.5 Å². The molecular formula is C24H32ClN5O2. The van der Waals surface area contributed by atoms with E-state index < -0.39 is 0 Å². The summed E-state index contributed by atoms with van der Waals surface area (Å²) in [7, 11) is 0. The van der Waals surface area contributed by atoms with E-state index >= 15 is 0 Å². The second-order valence-electron chi connectivity index (χ2n) is 8.70. The first-order valence-electron chi connectivity index (χ1n) is 11.6. The molecule has 2 heterocycles. The smallest absolute Gasteiger partial charge is 0.257 e. The summed E-state index contributed by atoms with van der Waals surface area (Å²) in [6.07, 6.45) is 3.86. The van der Waals surface area contributed by atoms with E-state index in [4.69, 9.17) is 11.6 Å². The number of rotatable bonds is 7. The first kappa shape index (κ1) is 22.8. The second-order valence-corrected chi connectivity index (χ2v) is 9.10. The molecule has 1 aromatic carbocycles. The van der Waals surface area contributed by atoms with Gasteiger partial charge in [0, 0.05) is 50.2 Å². The molecule has 2 aromatic rings. The number of hydrogen-bond donors (Lipinski definition) is 0. The molecule has 0 unspecified atom stereocenters. The van der Waals surface area contributed by atoms with Crippen LogP contribution in [-0.4, -0.2) is 82.1 Å². The predicted molar refractivity (Wildman–Crippen MR) is 126 cm³/mol. The Labute approximate surface area is 194 Å². The van der Waals surface area contributed by atoms with Crippen molar-refractivity contribution >= 4 is 23.4 Å². The predicted octanol–water partition coefficient (Wildman–Crippen LogP) is 3.34. The first-order valence-corrected chi connectivity index (χ1v) is 11.9. The summed E-state index contributed by atoms with van der Waals surface area (Å²) in [6, 6.07) is 5.89. The number of hydrogen-bond acceptors (Lipinski definition) is 4. The molecule has 32 heavy (non-hydrogen) atoms. The van der Waals surface area contributed by atoms with Crippen molar-refractivity contribution in [3.05, 3.63) is 46.2 Å². The van der Waals surface area contributed by atoms with E-state index in [1.54, 1.807) is 6.20 Å². The van der Waals surface area contributed by atoms with Gasteiger partial charge in [0.15, 0.2) is 0 Å². The summed E-state index contributed by atoms with van der Waals surface area (Å²) in [5.41, 5.74) is 3.59. The number of amides is 2. The summed E-state index contributed by atoms with van der Waals surface area (Å²) in [5, 5.41) is 5.27. The van der Waals surface area contributed by atoms with Gasteiger partial charge in [-0.25, -0.2) is 4.68 Å². The van der Waals surface area contributed by atoms with E-state index in [0.717, 1.165) is 42.9 Å². The molecule has 172 valence electrons. The van der Waals surface area contributed by atoms with Crippen LogP contribution in [0.2, 0.25) is 5.02 Å². The van der Waals surface area contributed by atoms with Gasteiger partial charge >= 0.3 is 0 Å². The maximum absolute atomic E-state index is 13.4. The minimum absolute atomic E-state index is 0.0334. The fourth-order valence-corrected chi connectivity index (χ4v) is 4.51. The number of benzene rings is 1. The zero-order chi connectivity index (χ0) is 22.8. The molecule has 0 N–H and O–H groups in total. The summed E-state index contributed by atoms with van der Waals surface area (Å²) >= 11 is 6.34. The largest absolute Gasteiger partial charge is 0.342 e. The van der Waals surface area contributed by atoms with Gasteiger partial charge in [0.2, 0.25) is 5.91 Å². The number of aromatic nitrogens is 2. The molecule has 1 aliphatic heterocycles. The number of carbonyl (C=O) groups is 2. The van der Waals surface area contributed by atoms with Crippen LogP contribution in [0.3, 0.4) is 0 Å². The molecule has 7 nitrogen and oxygen atoms in total. The molecule has 1 saturated heterocycles. The third-order valence-corrected chi connectivity index (χ3v) is 6.94. The molecule has 0 radical (unpaired) electrons. The Morgan fingerprint density at radius 1 is 1.12 bits per heavy atom. The Balaban J connectivity index is 1.46. The van der Waals surface area contributed by atoms with Gasteiger partial charge in [0.25, 0.3) is 5.91 Å². The third kappa shape index (κ3) is 4.69. The minimum atomic E-state index is 0.0334. The molecule has 1 aromatic heterocycles. The number of aryl methyl sites for hydroxylation is 1. The van der Waals surface area contributed by atoms with Gasteiger partial charge in [0.1, 0.15) is 0 Å². The van der Waals surface area contributed by atoms with Gasteiger partial charge < -0.3 is 9.80 Å². The van der Waals surface area contributed by atoms with Crippen molar-refractivity contribution < 1.29 is 9.59 Å². The maximum Gasteiger partial charge on any atom is 0.257 e. The average Bonchev–Trinajstić information content (AvgIpc) is 3.54. The highest BCUT2D eigenvalue weighted by molar-refractivity contribution is 6.31. The highest BCUT2D eigenvalue weighted by Crippen LogP contribution is 2.43. The monoisotopic (exact) mass is 457 g/mol. The number of carbonyl (C=O) groups excluding carboxylic acids is 2. The molecule has 1 saturated carbocycles. The molecular weight excluding hydrogens is 426 g/mol. The van der Waals surface area contributed by atoms with Gasteiger partial charge in [-0.3, -0.25) is 14.5 Å². The third-order valence-electron chi connectivity index (χ3n) is 6.54. The molecule has 2 fully saturated rings. The lowest BCUT2D eigenvalue weighted by molar-refractivity contribution is -0.132. The molecule has 1 aliphatic carbocycles. The quantitative estimate of drug-likeness (QED) is 0.639. The lowest BCUT2D eigenvalue weighted by Crippen LogP contribution is -2.51. The van der Waals surface area contributed by atoms with Gasteiger partial charge in [0.05, 0.1) is 29.7 Å². The lowest BCUT2D eigenvalue weighted by atomic mass is 10.1. The Morgan fingerprint density at radius 3 is 2.41 bits per heavy atom. The normalized spacial score (nSPS) is 16.9. The molecule has 0 atom stereocenters. The van der Waals surface area contributed by atoms with Crippen LogP contribution in [0.15, 0.2) is 24.4 Å². The van der Waals surface area contributed by atoms with Crippen molar-refractivity contribution in [3.8, 4) is 5.69 Å². The summed E-state index contributed by atoms with van der Waals surface area (Å²) < 4.78 is 1.88. The second kappa shape index (κ2) is 9.63. The van der Waals surface area contributed by atoms with Gasteiger partial charge in [-0.2, -0.15) is 5.10 Å². The molecule has 8 heteroatoms. The highest BCUT2D eigenvalue weighted by Gasteiger charge is 2.35. The van der Waals surface area contributed by atoms with Crippen LogP contribution >= 0.6 is 11.6 Å². The first-order chi connectivity index (χ1) is 15.4. The van der Waals surface area contributed by atoms with E-state index in [1.165, 1.54) is 0 Å². The van der Waals surface area contributed by atoms with Crippen LogP contribution in [-0.2, 0) is 4.79 Å². The van der Waals surface area contributed by atoms with Crippen molar-refractivity contribution in [1.82, 2.24) is 24.5 Å². The fraction of sp³-hybridized carbons (Fsp3) is 0.542. The Hall–Kier alpha value is -2.38. The van der Waals surface area contributed by atoms with Crippen LogP contribution in [0.1, 0.15) is 54.2 Å². The van der Waals surface area contributed by atoms with Gasteiger partial charge in [-0.15, -0.1) is 0 Å². The van der Waals surface area contributed by atoms with E-state index in [2.05, 4.69) is 10.00 Å². The Kier molecular flexibility index (Phi) is 6.86. The highest BCUT2D eigenvalue weighted by atomic mass is 35.5. The topological polar surface area (TPSA) is 61.7 Å². The zero-order valence-electron chi connectivity index (χ0n) is 19.2. The maximum atomic E-state index is 13.4. The minimum Gasteiger partial charge on any atom is -0.342 e. The van der Waals surface area contributed by atoms with Crippen molar-refractivity contribution in [2.75, 3.05) is 45.8 Å². The van der Waals surface area contributed by atoms with Crippen LogP contribution in [0.4, 0.5) is 0 Å². The standard InChI is InChI=1S/C24H32ClN5O2/c1-4-28(5-2)22(31)16-27-10-12-29(13-11-27)24(32)20-15-26-30(23(20)18-7-8-18)19-9-6-17(3)21(25)14-19/h6,9,14-15,18H,4-5,7-8,10-13,16H2,1-3H3. The molecule has 0 bridgehead atoms. The number of nitrogens with zero attached hydrogens (tertiary/aromatic N) is 5. The molecule has 4 rings (SSSR count). The number of likely N-dealkylation sites (N-methyl/N-ethyl adjacent to an activating group) is 1. The van der Waals surface area contributed by atoms with E-state index in [0.29, 0.717) is 49.2 Å². The Morgan fingerprint density at radius 2 is 1.81 bits per heavy atom. The summed E-state index contributed by atoms with van der Waals surface area (Å²) in [6.45, 7) is 10.5. The summed E-state index contributed by atoms with van der Waals surface area (Å²) in [4.78, 5) is 31.7. The van der Waals surface area contributed by atoms with Gasteiger partial charge in [-0.1, -0.05) is 17.7 Å². The molecule has 0 spiro atoms.